The van der Waals surface area contributed by atoms with Crippen LogP contribution in [0, 0.1) is 17.8 Å². The fourth-order valence-corrected chi connectivity index (χ4v) is 7.11. The molecular weight excluding hydrogens is 368 g/mol. The maximum absolute atomic E-state index is 5.45. The summed E-state index contributed by atoms with van der Waals surface area (Å²) in [6, 6.07) is 17.9. The summed E-state index contributed by atoms with van der Waals surface area (Å²) in [5.74, 6) is 2.98. The van der Waals surface area contributed by atoms with Crippen molar-refractivity contribution in [1.82, 2.24) is 0 Å². The van der Waals surface area contributed by atoms with Gasteiger partial charge in [0, 0.05) is 25.0 Å². The zero-order chi connectivity index (χ0) is 20.0. The molecule has 0 radical (unpaired) electrons. The predicted octanol–water partition coefficient (Wildman–Crippen LogP) is 5.74. The largest absolute Gasteiger partial charge is 0.378 e. The summed E-state index contributed by atoms with van der Waals surface area (Å²) in [5, 5.41) is 0. The summed E-state index contributed by atoms with van der Waals surface area (Å²) in [6.45, 7) is 3.60. The Labute approximate surface area is 180 Å². The molecule has 3 heteroatoms. The smallest absolute Gasteiger partial charge is 0.0642 e. The molecule has 4 bridgehead atoms. The van der Waals surface area contributed by atoms with E-state index in [1.54, 1.807) is 5.56 Å². The molecule has 3 nitrogen and oxygen atoms in total. The van der Waals surface area contributed by atoms with Gasteiger partial charge in [0.1, 0.15) is 0 Å². The number of hydrogen-bond donors (Lipinski definition) is 0. The molecule has 0 atom stereocenters. The highest BCUT2D eigenvalue weighted by molar-refractivity contribution is 5.82. The van der Waals surface area contributed by atoms with E-state index in [1.165, 1.54) is 44.2 Å². The van der Waals surface area contributed by atoms with Gasteiger partial charge in [0.15, 0.2) is 0 Å². The normalized spacial score (nSPS) is 32.8. The molecular formula is C27H32N2O. The van der Waals surface area contributed by atoms with E-state index in [1.807, 2.05) is 6.21 Å². The van der Waals surface area contributed by atoms with Crippen LogP contribution in [0.5, 0.6) is 0 Å². The molecule has 0 unspecified atom stereocenters. The van der Waals surface area contributed by atoms with Crippen molar-refractivity contribution in [1.29, 1.82) is 0 Å². The lowest BCUT2D eigenvalue weighted by Gasteiger charge is -2.57. The Morgan fingerprint density at radius 2 is 1.40 bits per heavy atom. The number of nitrogens with zero attached hydrogens (tertiary/aromatic N) is 2. The first-order chi connectivity index (χ1) is 14.8. The Hall–Kier alpha value is -2.13. The first kappa shape index (κ1) is 18.6. The van der Waals surface area contributed by atoms with Crippen molar-refractivity contribution >= 4 is 17.6 Å². The van der Waals surface area contributed by atoms with Gasteiger partial charge in [-0.15, -0.1) is 0 Å². The molecule has 4 aliphatic carbocycles. The number of ether oxygens (including phenoxy) is 1. The third-order valence-corrected chi connectivity index (χ3v) is 8.15. The van der Waals surface area contributed by atoms with E-state index in [2.05, 4.69) is 53.4 Å². The maximum Gasteiger partial charge on any atom is 0.0642 e. The number of aliphatic imine (C=N–C) groups is 1. The molecule has 5 fully saturated rings. The second-order valence-electron chi connectivity index (χ2n) is 10.2. The molecule has 0 N–H and O–H groups in total. The third-order valence-electron chi connectivity index (χ3n) is 8.15. The number of anilines is 1. The van der Waals surface area contributed by atoms with Crippen LogP contribution in [0.1, 0.15) is 49.7 Å². The Bertz CT molecular complexity index is 874. The van der Waals surface area contributed by atoms with Crippen molar-refractivity contribution in [2.45, 2.75) is 43.9 Å². The average Bonchev–Trinajstić information content (AvgIpc) is 2.78. The monoisotopic (exact) mass is 400 g/mol. The van der Waals surface area contributed by atoms with Crippen molar-refractivity contribution < 1.29 is 4.74 Å². The molecule has 0 spiro atoms. The van der Waals surface area contributed by atoms with E-state index in [0.717, 1.165) is 55.3 Å². The van der Waals surface area contributed by atoms with Crippen LogP contribution in [0.25, 0.3) is 0 Å². The summed E-state index contributed by atoms with van der Waals surface area (Å²) in [5.41, 5.74) is 5.54. The highest BCUT2D eigenvalue weighted by Crippen LogP contribution is 2.60. The molecule has 156 valence electrons. The molecule has 2 aromatic carbocycles. The molecule has 7 rings (SSSR count). The Balaban J connectivity index is 1.14. The second-order valence-corrected chi connectivity index (χ2v) is 10.2. The van der Waals surface area contributed by atoms with Crippen molar-refractivity contribution in [3.63, 3.8) is 0 Å². The van der Waals surface area contributed by atoms with Crippen LogP contribution < -0.4 is 4.90 Å². The lowest BCUT2D eigenvalue weighted by Crippen LogP contribution is -2.48. The van der Waals surface area contributed by atoms with Crippen molar-refractivity contribution in [2.75, 3.05) is 31.2 Å². The molecule has 1 saturated heterocycles. The molecule has 5 aliphatic rings. The Kier molecular flexibility index (Phi) is 4.67. The Morgan fingerprint density at radius 1 is 0.800 bits per heavy atom. The van der Waals surface area contributed by atoms with Gasteiger partial charge >= 0.3 is 0 Å². The summed E-state index contributed by atoms with van der Waals surface area (Å²) in [6.07, 6.45) is 10.8. The lowest BCUT2D eigenvalue weighted by molar-refractivity contribution is -0.00518. The molecule has 0 aromatic heterocycles. The quantitative estimate of drug-likeness (QED) is 0.611. The van der Waals surface area contributed by atoms with E-state index < -0.39 is 0 Å². The zero-order valence-electron chi connectivity index (χ0n) is 17.8. The van der Waals surface area contributed by atoms with Crippen LogP contribution in [0.2, 0.25) is 0 Å². The van der Waals surface area contributed by atoms with Crippen LogP contribution >= 0.6 is 0 Å². The fourth-order valence-electron chi connectivity index (χ4n) is 7.11. The fraction of sp³-hybridized carbons (Fsp3) is 0.519. The number of morpholine rings is 1. The van der Waals surface area contributed by atoms with Crippen molar-refractivity contribution in [3.05, 3.63) is 59.7 Å². The number of hydrogen-bond acceptors (Lipinski definition) is 3. The first-order valence-corrected chi connectivity index (χ1v) is 11.8. The minimum Gasteiger partial charge on any atom is -0.378 e. The standard InChI is InChI=1S/C27H32N2O/c1-7-26(29-9-11-30-12-10-29)8-2-20(1)19-28-25-5-3-24(4-6-25)27-16-21-13-22(17-27)15-23(14-21)18-27/h1-8,19,21-23H,9-18H2. The molecule has 1 heterocycles. The zero-order valence-corrected chi connectivity index (χ0v) is 17.8. The van der Waals surface area contributed by atoms with Crippen molar-refractivity contribution in [2.24, 2.45) is 22.7 Å². The van der Waals surface area contributed by atoms with Crippen LogP contribution in [0.3, 0.4) is 0 Å². The van der Waals surface area contributed by atoms with E-state index in [-0.39, 0.29) is 0 Å². The number of rotatable bonds is 4. The van der Waals surface area contributed by atoms with Crippen LogP contribution in [0.4, 0.5) is 11.4 Å². The van der Waals surface area contributed by atoms with Gasteiger partial charge < -0.3 is 9.64 Å². The van der Waals surface area contributed by atoms with Crippen LogP contribution in [-0.4, -0.2) is 32.5 Å². The molecule has 0 amide bonds. The first-order valence-electron chi connectivity index (χ1n) is 11.8. The maximum atomic E-state index is 5.45. The van der Waals surface area contributed by atoms with Gasteiger partial charge in [0.2, 0.25) is 0 Å². The van der Waals surface area contributed by atoms with Gasteiger partial charge in [-0.2, -0.15) is 0 Å². The van der Waals surface area contributed by atoms with E-state index in [4.69, 9.17) is 9.73 Å². The minimum atomic E-state index is 0.478. The van der Waals surface area contributed by atoms with Gasteiger partial charge in [-0.1, -0.05) is 24.3 Å². The van der Waals surface area contributed by atoms with E-state index in [0.29, 0.717) is 5.41 Å². The van der Waals surface area contributed by atoms with E-state index in [9.17, 15) is 0 Å². The topological polar surface area (TPSA) is 24.8 Å². The lowest BCUT2D eigenvalue weighted by atomic mass is 9.48. The van der Waals surface area contributed by atoms with Gasteiger partial charge in [-0.3, -0.25) is 4.99 Å². The van der Waals surface area contributed by atoms with Crippen molar-refractivity contribution in [3.8, 4) is 0 Å². The highest BCUT2D eigenvalue weighted by Gasteiger charge is 2.51. The Morgan fingerprint density at radius 3 is 2.00 bits per heavy atom. The molecule has 4 saturated carbocycles. The van der Waals surface area contributed by atoms with E-state index >= 15 is 0 Å². The van der Waals surface area contributed by atoms with Gasteiger partial charge in [0.25, 0.3) is 0 Å². The summed E-state index contributed by atoms with van der Waals surface area (Å²) >= 11 is 0. The average molecular weight is 401 g/mol. The molecule has 1 aliphatic heterocycles. The van der Waals surface area contributed by atoms with Gasteiger partial charge in [-0.05, 0) is 97.1 Å². The minimum absolute atomic E-state index is 0.478. The molecule has 30 heavy (non-hydrogen) atoms. The predicted molar refractivity (Wildman–Crippen MR) is 123 cm³/mol. The summed E-state index contributed by atoms with van der Waals surface area (Å²) in [7, 11) is 0. The second kappa shape index (κ2) is 7.53. The molecule has 2 aromatic rings. The van der Waals surface area contributed by atoms with Crippen LogP contribution in [-0.2, 0) is 10.2 Å². The third kappa shape index (κ3) is 3.47. The number of benzene rings is 2. The highest BCUT2D eigenvalue weighted by atomic mass is 16.5. The van der Waals surface area contributed by atoms with Gasteiger partial charge in [0.05, 0.1) is 18.9 Å². The summed E-state index contributed by atoms with van der Waals surface area (Å²) < 4.78 is 5.45. The van der Waals surface area contributed by atoms with Crippen LogP contribution in [0.15, 0.2) is 53.5 Å². The SMILES string of the molecule is C(=Nc1ccc(C23CC4CC(CC(C4)C2)C3)cc1)c1ccc(N2CCOCC2)cc1. The van der Waals surface area contributed by atoms with Gasteiger partial charge in [-0.25, -0.2) is 0 Å². The summed E-state index contributed by atoms with van der Waals surface area (Å²) in [4.78, 5) is 7.13.